The zero-order valence-corrected chi connectivity index (χ0v) is 18.9. The Labute approximate surface area is 194 Å². The van der Waals surface area contributed by atoms with Crippen molar-refractivity contribution in [1.82, 2.24) is 5.32 Å². The number of halogens is 2. The highest BCUT2D eigenvalue weighted by Crippen LogP contribution is 2.33. The van der Waals surface area contributed by atoms with Crippen LogP contribution in [0.1, 0.15) is 16.9 Å². The first kappa shape index (κ1) is 21.3. The fourth-order valence-corrected chi connectivity index (χ4v) is 3.99. The van der Waals surface area contributed by atoms with E-state index in [-0.39, 0.29) is 10.7 Å². The molecule has 156 valence electrons. The van der Waals surface area contributed by atoms with Gasteiger partial charge >= 0.3 is 0 Å². The van der Waals surface area contributed by atoms with E-state index in [1.807, 2.05) is 26.0 Å². The summed E-state index contributed by atoms with van der Waals surface area (Å²) in [4.78, 5) is 27.0. The van der Waals surface area contributed by atoms with Gasteiger partial charge in [0.15, 0.2) is 5.11 Å². The fraction of sp³-hybridized carbons (Fsp3) is 0.0870. The third-order valence-corrected chi connectivity index (χ3v) is 5.65. The molecule has 0 atom stereocenters. The van der Waals surface area contributed by atoms with Gasteiger partial charge in [-0.15, -0.1) is 0 Å². The SMILES string of the molecule is Cc1ccc(N2C(=O)/C(=C/c3ccc(-c4cc(Cl)ccc4Cl)o3)C(=O)NC2=S)c(C)c1. The van der Waals surface area contributed by atoms with E-state index in [0.29, 0.717) is 32.8 Å². The highest BCUT2D eigenvalue weighted by atomic mass is 35.5. The van der Waals surface area contributed by atoms with Crippen LogP contribution in [0.15, 0.2) is 58.5 Å². The van der Waals surface area contributed by atoms with Crippen LogP contribution in [0.3, 0.4) is 0 Å². The number of nitrogens with zero attached hydrogens (tertiary/aromatic N) is 1. The standard InChI is InChI=1S/C23H16Cl2N2O3S/c1-12-3-7-19(13(2)9-12)27-22(29)17(21(28)26-23(27)31)11-15-5-8-20(30-15)16-10-14(24)4-6-18(16)25/h3-11H,1-2H3,(H,26,28,31)/b17-11+. The third kappa shape index (κ3) is 4.14. The summed E-state index contributed by atoms with van der Waals surface area (Å²) in [6, 6.07) is 14.0. The molecule has 0 unspecified atom stereocenters. The molecular weight excluding hydrogens is 455 g/mol. The summed E-state index contributed by atoms with van der Waals surface area (Å²) in [6.07, 6.45) is 1.39. The van der Waals surface area contributed by atoms with Crippen molar-refractivity contribution in [2.75, 3.05) is 4.90 Å². The van der Waals surface area contributed by atoms with Crippen molar-refractivity contribution in [2.24, 2.45) is 0 Å². The first-order valence-corrected chi connectivity index (χ1v) is 10.4. The minimum atomic E-state index is -0.588. The highest BCUT2D eigenvalue weighted by Gasteiger charge is 2.35. The fourth-order valence-electron chi connectivity index (χ4n) is 3.34. The van der Waals surface area contributed by atoms with Crippen LogP contribution in [0.2, 0.25) is 10.0 Å². The zero-order valence-electron chi connectivity index (χ0n) is 16.5. The molecule has 0 aliphatic carbocycles. The Morgan fingerprint density at radius 1 is 1.03 bits per heavy atom. The number of hydrogen-bond donors (Lipinski definition) is 1. The summed E-state index contributed by atoms with van der Waals surface area (Å²) in [5.41, 5.74) is 3.04. The van der Waals surface area contributed by atoms with Crippen LogP contribution in [0.25, 0.3) is 17.4 Å². The molecule has 2 heterocycles. The largest absolute Gasteiger partial charge is 0.457 e. The second-order valence-electron chi connectivity index (χ2n) is 7.07. The smallest absolute Gasteiger partial charge is 0.270 e. The van der Waals surface area contributed by atoms with Gasteiger partial charge in [-0.3, -0.25) is 19.8 Å². The number of benzene rings is 2. The van der Waals surface area contributed by atoms with Crippen LogP contribution in [0.5, 0.6) is 0 Å². The van der Waals surface area contributed by atoms with Crippen molar-refractivity contribution in [3.8, 4) is 11.3 Å². The molecule has 1 aromatic heterocycles. The van der Waals surface area contributed by atoms with E-state index in [9.17, 15) is 9.59 Å². The average Bonchev–Trinajstić information content (AvgIpc) is 3.17. The van der Waals surface area contributed by atoms with Crippen LogP contribution in [0, 0.1) is 13.8 Å². The summed E-state index contributed by atoms with van der Waals surface area (Å²) in [5, 5.41) is 3.58. The number of carbonyl (C=O) groups excluding carboxylic acids is 2. The van der Waals surface area contributed by atoms with E-state index in [1.165, 1.54) is 11.0 Å². The van der Waals surface area contributed by atoms with Crippen LogP contribution in [0.4, 0.5) is 5.69 Å². The number of furan rings is 1. The maximum absolute atomic E-state index is 13.2. The van der Waals surface area contributed by atoms with Crippen LogP contribution < -0.4 is 10.2 Å². The molecule has 2 aromatic carbocycles. The number of thiocarbonyl (C=S) groups is 1. The number of amides is 2. The lowest BCUT2D eigenvalue weighted by atomic mass is 10.1. The van der Waals surface area contributed by atoms with Crippen molar-refractivity contribution in [3.05, 3.63) is 81.0 Å². The van der Waals surface area contributed by atoms with E-state index >= 15 is 0 Å². The topological polar surface area (TPSA) is 62.6 Å². The van der Waals surface area contributed by atoms with Gasteiger partial charge < -0.3 is 4.42 Å². The van der Waals surface area contributed by atoms with E-state index in [2.05, 4.69) is 5.32 Å². The monoisotopic (exact) mass is 470 g/mol. The molecule has 1 aliphatic rings. The third-order valence-electron chi connectivity index (χ3n) is 4.80. The van der Waals surface area contributed by atoms with Gasteiger partial charge in [0.25, 0.3) is 11.8 Å². The van der Waals surface area contributed by atoms with Gasteiger partial charge in [-0.05, 0) is 74.1 Å². The number of hydrogen-bond acceptors (Lipinski definition) is 4. The van der Waals surface area contributed by atoms with Gasteiger partial charge in [0.1, 0.15) is 17.1 Å². The van der Waals surface area contributed by atoms with E-state index in [4.69, 9.17) is 39.8 Å². The highest BCUT2D eigenvalue weighted by molar-refractivity contribution is 7.80. The molecule has 31 heavy (non-hydrogen) atoms. The molecule has 0 spiro atoms. The Morgan fingerprint density at radius 2 is 1.81 bits per heavy atom. The van der Waals surface area contributed by atoms with Crippen molar-refractivity contribution in [3.63, 3.8) is 0 Å². The minimum absolute atomic E-state index is 0.0324. The van der Waals surface area contributed by atoms with Crippen molar-refractivity contribution < 1.29 is 14.0 Å². The molecule has 0 bridgehead atoms. The molecule has 1 fully saturated rings. The number of nitrogens with one attached hydrogen (secondary N) is 1. The van der Waals surface area contributed by atoms with Crippen LogP contribution >= 0.6 is 35.4 Å². The van der Waals surface area contributed by atoms with Gasteiger partial charge in [-0.25, -0.2) is 0 Å². The van der Waals surface area contributed by atoms with Gasteiger partial charge in [0.2, 0.25) is 0 Å². The number of anilines is 1. The maximum atomic E-state index is 13.2. The second kappa shape index (κ2) is 8.30. The Morgan fingerprint density at radius 3 is 2.55 bits per heavy atom. The molecule has 0 radical (unpaired) electrons. The lowest BCUT2D eigenvalue weighted by Gasteiger charge is -2.30. The van der Waals surface area contributed by atoms with Crippen molar-refractivity contribution in [1.29, 1.82) is 0 Å². The molecule has 5 nitrogen and oxygen atoms in total. The molecule has 0 saturated carbocycles. The molecule has 4 rings (SSSR count). The Balaban J connectivity index is 1.71. The van der Waals surface area contributed by atoms with Crippen LogP contribution in [-0.2, 0) is 9.59 Å². The number of aryl methyl sites for hydroxylation is 2. The Hall–Kier alpha value is -2.93. The average molecular weight is 471 g/mol. The summed E-state index contributed by atoms with van der Waals surface area (Å²) in [7, 11) is 0. The maximum Gasteiger partial charge on any atom is 0.270 e. The molecule has 1 saturated heterocycles. The summed E-state index contributed by atoms with van der Waals surface area (Å²) < 4.78 is 5.81. The zero-order chi connectivity index (χ0) is 22.3. The summed E-state index contributed by atoms with van der Waals surface area (Å²) >= 11 is 17.5. The molecule has 2 amide bonds. The van der Waals surface area contributed by atoms with E-state index in [0.717, 1.165) is 11.1 Å². The minimum Gasteiger partial charge on any atom is -0.457 e. The summed E-state index contributed by atoms with van der Waals surface area (Å²) in [5.74, 6) is -0.336. The van der Waals surface area contributed by atoms with Gasteiger partial charge in [0, 0.05) is 10.6 Å². The predicted octanol–water partition coefficient (Wildman–Crippen LogP) is 5.70. The quantitative estimate of drug-likeness (QED) is 0.302. The molecule has 8 heteroatoms. The molecule has 3 aromatic rings. The first-order chi connectivity index (χ1) is 14.7. The molecule has 1 N–H and O–H groups in total. The lowest BCUT2D eigenvalue weighted by Crippen LogP contribution is -2.54. The van der Waals surface area contributed by atoms with E-state index in [1.54, 1.807) is 36.4 Å². The number of rotatable bonds is 3. The lowest BCUT2D eigenvalue weighted by molar-refractivity contribution is -0.122. The number of carbonyl (C=O) groups is 2. The first-order valence-electron chi connectivity index (χ1n) is 9.28. The van der Waals surface area contributed by atoms with Crippen molar-refractivity contribution in [2.45, 2.75) is 13.8 Å². The van der Waals surface area contributed by atoms with Gasteiger partial charge in [0.05, 0.1) is 10.7 Å². The Kier molecular flexibility index (Phi) is 5.71. The predicted molar refractivity (Wildman–Crippen MR) is 126 cm³/mol. The molecular formula is C23H16Cl2N2O3S. The van der Waals surface area contributed by atoms with Gasteiger partial charge in [-0.2, -0.15) is 0 Å². The summed E-state index contributed by atoms with van der Waals surface area (Å²) in [6.45, 7) is 3.84. The van der Waals surface area contributed by atoms with E-state index < -0.39 is 11.8 Å². The molecule has 1 aliphatic heterocycles. The van der Waals surface area contributed by atoms with Crippen molar-refractivity contribution >= 4 is 64.1 Å². The Bertz CT molecular complexity index is 1280. The normalized spacial score (nSPS) is 15.5. The van der Waals surface area contributed by atoms with Crippen LogP contribution in [-0.4, -0.2) is 16.9 Å². The van der Waals surface area contributed by atoms with Gasteiger partial charge in [-0.1, -0.05) is 40.9 Å². The second-order valence-corrected chi connectivity index (χ2v) is 8.30.